The predicted molar refractivity (Wildman–Crippen MR) is 95.9 cm³/mol. The van der Waals surface area contributed by atoms with Gasteiger partial charge in [0.1, 0.15) is 5.60 Å². The maximum absolute atomic E-state index is 12.7. The Bertz CT molecular complexity index is 582. The molecule has 0 radical (unpaired) electrons. The second-order valence-electron chi connectivity index (χ2n) is 9.99. The lowest BCUT2D eigenvalue weighted by Gasteiger charge is -2.47. The summed E-state index contributed by atoms with van der Waals surface area (Å²) in [5, 5.41) is 9.19. The van der Waals surface area contributed by atoms with Crippen molar-refractivity contribution < 1.29 is 19.4 Å². The summed E-state index contributed by atoms with van der Waals surface area (Å²) in [6.07, 6.45) is 5.80. The lowest BCUT2D eigenvalue weighted by atomic mass is 9.64. The number of esters is 1. The van der Waals surface area contributed by atoms with Crippen molar-refractivity contribution in [3.8, 4) is 0 Å². The van der Waals surface area contributed by atoms with Crippen LogP contribution >= 0.6 is 0 Å². The Hall–Kier alpha value is -1.06. The molecule has 25 heavy (non-hydrogen) atoms. The van der Waals surface area contributed by atoms with Crippen LogP contribution in [0.5, 0.6) is 0 Å². The van der Waals surface area contributed by atoms with Crippen molar-refractivity contribution in [2.75, 3.05) is 0 Å². The maximum Gasteiger partial charge on any atom is 0.310 e. The molecule has 3 saturated carbocycles. The fourth-order valence-electron chi connectivity index (χ4n) is 6.72. The number of carbonyl (C=O) groups is 2. The molecule has 1 N–H and O–H groups in total. The molecule has 0 saturated heterocycles. The van der Waals surface area contributed by atoms with Crippen molar-refractivity contribution in [1.29, 1.82) is 0 Å². The molecule has 2 bridgehead atoms. The van der Waals surface area contributed by atoms with E-state index in [9.17, 15) is 14.7 Å². The van der Waals surface area contributed by atoms with Gasteiger partial charge in [-0.25, -0.2) is 0 Å². The zero-order chi connectivity index (χ0) is 18.8. The minimum atomic E-state index is -0.943. The van der Waals surface area contributed by atoms with Gasteiger partial charge in [0.15, 0.2) is 0 Å². The lowest BCUT2D eigenvalue weighted by Crippen LogP contribution is -2.48. The van der Waals surface area contributed by atoms with Gasteiger partial charge in [-0.05, 0) is 61.7 Å². The summed E-state index contributed by atoms with van der Waals surface area (Å²) in [7, 11) is 0. The molecule has 1 spiro atoms. The Kier molecular flexibility index (Phi) is 4.28. The van der Waals surface area contributed by atoms with Crippen molar-refractivity contribution >= 4 is 11.9 Å². The van der Waals surface area contributed by atoms with E-state index in [-0.39, 0.29) is 11.4 Å². The molecule has 0 amide bonds. The van der Waals surface area contributed by atoms with Crippen LogP contribution in [-0.4, -0.2) is 22.6 Å². The summed E-state index contributed by atoms with van der Waals surface area (Å²) in [5.74, 6) is -0.798. The summed E-state index contributed by atoms with van der Waals surface area (Å²) in [5.41, 5.74) is 0.125. The number of carbonyl (C=O) groups excluding carboxylic acids is 1. The first-order chi connectivity index (χ1) is 11.5. The van der Waals surface area contributed by atoms with Crippen LogP contribution in [0.4, 0.5) is 0 Å². The molecule has 4 unspecified atom stereocenters. The minimum Gasteiger partial charge on any atom is -0.481 e. The Balaban J connectivity index is 1.82. The zero-order valence-electron chi connectivity index (χ0n) is 16.6. The van der Waals surface area contributed by atoms with E-state index >= 15 is 0 Å². The third-order valence-corrected chi connectivity index (χ3v) is 8.61. The first kappa shape index (κ1) is 18.7. The SMILES string of the molecule is CC(C(=O)O)C(C)C(=O)O[C@]1(C)CC[C@@]23C[C@H]1C(C)(C)C2CCC3C. The number of rotatable bonds is 4. The van der Waals surface area contributed by atoms with Crippen molar-refractivity contribution in [3.63, 3.8) is 0 Å². The van der Waals surface area contributed by atoms with Gasteiger partial charge in [0.05, 0.1) is 11.8 Å². The average Bonchev–Trinajstić information content (AvgIpc) is 2.95. The van der Waals surface area contributed by atoms with Crippen LogP contribution in [0.15, 0.2) is 0 Å². The van der Waals surface area contributed by atoms with Crippen LogP contribution in [-0.2, 0) is 14.3 Å². The second-order valence-corrected chi connectivity index (χ2v) is 9.99. The summed E-state index contributed by atoms with van der Waals surface area (Å²) < 4.78 is 6.07. The van der Waals surface area contributed by atoms with Gasteiger partial charge in [0.25, 0.3) is 0 Å². The van der Waals surface area contributed by atoms with Gasteiger partial charge in [0.2, 0.25) is 0 Å². The highest BCUT2D eigenvalue weighted by Gasteiger charge is 2.69. The molecule has 0 aromatic carbocycles. The monoisotopic (exact) mass is 350 g/mol. The highest BCUT2D eigenvalue weighted by molar-refractivity contribution is 5.80. The van der Waals surface area contributed by atoms with Gasteiger partial charge in [-0.1, -0.05) is 34.6 Å². The summed E-state index contributed by atoms with van der Waals surface area (Å²) in [4.78, 5) is 23.9. The molecule has 0 aromatic heterocycles. The fourth-order valence-corrected chi connectivity index (χ4v) is 6.72. The summed E-state index contributed by atoms with van der Waals surface area (Å²) >= 11 is 0. The molecule has 3 fully saturated rings. The summed E-state index contributed by atoms with van der Waals surface area (Å²) in [6, 6.07) is 0. The van der Waals surface area contributed by atoms with Crippen LogP contribution in [0.25, 0.3) is 0 Å². The topological polar surface area (TPSA) is 63.6 Å². The van der Waals surface area contributed by atoms with Gasteiger partial charge in [-0.15, -0.1) is 0 Å². The average molecular weight is 350 g/mol. The number of hydrogen-bond acceptors (Lipinski definition) is 3. The van der Waals surface area contributed by atoms with Gasteiger partial charge < -0.3 is 9.84 Å². The molecule has 4 nitrogen and oxygen atoms in total. The summed E-state index contributed by atoms with van der Waals surface area (Å²) in [6.45, 7) is 12.5. The Labute approximate surface area is 151 Å². The van der Waals surface area contributed by atoms with Crippen LogP contribution in [0, 0.1) is 40.4 Å². The highest BCUT2D eigenvalue weighted by atomic mass is 16.6. The number of carboxylic acid groups (broad SMARTS) is 1. The van der Waals surface area contributed by atoms with Crippen LogP contribution in [0.2, 0.25) is 0 Å². The Morgan fingerprint density at radius 1 is 1.04 bits per heavy atom. The molecule has 142 valence electrons. The van der Waals surface area contributed by atoms with Crippen molar-refractivity contribution in [2.45, 2.75) is 79.2 Å². The van der Waals surface area contributed by atoms with E-state index in [1.54, 1.807) is 13.8 Å². The maximum atomic E-state index is 12.7. The molecular formula is C21H34O4. The molecular weight excluding hydrogens is 316 g/mol. The van der Waals surface area contributed by atoms with Crippen molar-refractivity contribution in [2.24, 2.45) is 40.4 Å². The van der Waals surface area contributed by atoms with E-state index in [0.717, 1.165) is 31.1 Å². The fraction of sp³-hybridized carbons (Fsp3) is 0.905. The van der Waals surface area contributed by atoms with E-state index in [1.807, 2.05) is 0 Å². The van der Waals surface area contributed by atoms with Gasteiger partial charge >= 0.3 is 11.9 Å². The Morgan fingerprint density at radius 3 is 2.28 bits per heavy atom. The van der Waals surface area contributed by atoms with E-state index in [4.69, 9.17) is 4.74 Å². The highest BCUT2D eigenvalue weighted by Crippen LogP contribution is 2.73. The molecule has 0 aliphatic heterocycles. The van der Waals surface area contributed by atoms with E-state index in [0.29, 0.717) is 11.3 Å². The zero-order valence-corrected chi connectivity index (χ0v) is 16.6. The number of aliphatic carboxylic acids is 1. The molecule has 7 atom stereocenters. The molecule has 3 aliphatic rings. The lowest BCUT2D eigenvalue weighted by molar-refractivity contribution is -0.181. The number of carboxylic acids is 1. The number of ether oxygens (including phenoxy) is 1. The van der Waals surface area contributed by atoms with E-state index in [1.165, 1.54) is 12.8 Å². The van der Waals surface area contributed by atoms with Gasteiger partial charge in [-0.3, -0.25) is 9.59 Å². The molecule has 0 aromatic rings. The first-order valence-electron chi connectivity index (χ1n) is 9.91. The van der Waals surface area contributed by atoms with Crippen LogP contribution in [0.1, 0.15) is 73.6 Å². The van der Waals surface area contributed by atoms with E-state index in [2.05, 4.69) is 27.7 Å². The molecule has 3 aliphatic carbocycles. The molecule has 0 heterocycles. The van der Waals surface area contributed by atoms with Crippen LogP contribution in [0.3, 0.4) is 0 Å². The number of fused-ring (bicyclic) bond motifs is 1. The third kappa shape index (κ3) is 2.54. The standard InChI is InChI=1S/C21H34O4/c1-12-7-8-15-19(4,5)16-11-21(12,15)10-9-20(16,6)25-18(24)14(3)13(2)17(22)23/h12-16H,7-11H2,1-6H3,(H,22,23)/t12?,13?,14?,15?,16-,20+,21-/m0/s1. The second kappa shape index (κ2) is 5.72. The third-order valence-electron chi connectivity index (χ3n) is 8.61. The smallest absolute Gasteiger partial charge is 0.310 e. The minimum absolute atomic E-state index is 0.165. The normalized spacial score (nSPS) is 44.0. The Morgan fingerprint density at radius 2 is 1.68 bits per heavy atom. The van der Waals surface area contributed by atoms with Crippen LogP contribution < -0.4 is 0 Å². The van der Waals surface area contributed by atoms with Crippen molar-refractivity contribution in [1.82, 2.24) is 0 Å². The molecule has 3 rings (SSSR count). The van der Waals surface area contributed by atoms with Gasteiger partial charge in [-0.2, -0.15) is 0 Å². The van der Waals surface area contributed by atoms with Crippen molar-refractivity contribution in [3.05, 3.63) is 0 Å². The quantitative estimate of drug-likeness (QED) is 0.757. The number of hydrogen-bond donors (Lipinski definition) is 1. The largest absolute Gasteiger partial charge is 0.481 e. The predicted octanol–water partition coefficient (Wildman–Crippen LogP) is 4.52. The first-order valence-corrected chi connectivity index (χ1v) is 9.91. The van der Waals surface area contributed by atoms with E-state index < -0.39 is 23.4 Å². The molecule has 4 heteroatoms. The van der Waals surface area contributed by atoms with Gasteiger partial charge in [0, 0.05) is 5.92 Å².